The van der Waals surface area contributed by atoms with E-state index in [1.807, 2.05) is 7.05 Å². The molecule has 0 aliphatic rings. The van der Waals surface area contributed by atoms with Crippen molar-refractivity contribution in [3.8, 4) is 5.75 Å². The monoisotopic (exact) mass is 289 g/mol. The Morgan fingerprint density at radius 1 is 1.10 bits per heavy atom. The molecule has 0 radical (unpaired) electrons. The van der Waals surface area contributed by atoms with E-state index in [9.17, 15) is 13.2 Å². The van der Waals surface area contributed by atoms with Gasteiger partial charge in [0.1, 0.15) is 5.75 Å². The Labute approximate surface area is 118 Å². The Balaban J connectivity index is 2.55. The Kier molecular flexibility index (Phi) is 6.33. The van der Waals surface area contributed by atoms with Gasteiger partial charge in [-0.05, 0) is 49.9 Å². The topological polar surface area (TPSA) is 21.3 Å². The minimum Gasteiger partial charge on any atom is -0.406 e. The minimum absolute atomic E-state index is 0.176. The van der Waals surface area contributed by atoms with E-state index < -0.39 is 6.36 Å². The summed E-state index contributed by atoms with van der Waals surface area (Å²) in [6.45, 7) is 4.35. The highest BCUT2D eigenvalue weighted by Crippen LogP contribution is 2.23. The number of alkyl halides is 3. The highest BCUT2D eigenvalue weighted by molar-refractivity contribution is 5.27. The number of benzene rings is 1. The molecule has 0 saturated heterocycles. The van der Waals surface area contributed by atoms with Crippen LogP contribution in [0.25, 0.3) is 0 Å². The first-order valence-electron chi connectivity index (χ1n) is 6.82. The van der Waals surface area contributed by atoms with Crippen molar-refractivity contribution in [3.63, 3.8) is 0 Å². The van der Waals surface area contributed by atoms with Crippen LogP contribution in [0.5, 0.6) is 5.75 Å². The van der Waals surface area contributed by atoms with Gasteiger partial charge < -0.3 is 10.1 Å². The van der Waals surface area contributed by atoms with Gasteiger partial charge in [-0.1, -0.05) is 26.0 Å². The van der Waals surface area contributed by atoms with E-state index in [0.29, 0.717) is 12.0 Å². The molecule has 0 aromatic heterocycles. The molecule has 114 valence electrons. The largest absolute Gasteiger partial charge is 0.573 e. The molecule has 0 amide bonds. The summed E-state index contributed by atoms with van der Waals surface area (Å²) >= 11 is 0. The van der Waals surface area contributed by atoms with Gasteiger partial charge in [-0.25, -0.2) is 0 Å². The maximum atomic E-state index is 12.1. The molecular weight excluding hydrogens is 267 g/mol. The van der Waals surface area contributed by atoms with E-state index in [-0.39, 0.29) is 5.75 Å². The summed E-state index contributed by atoms with van der Waals surface area (Å²) in [5, 5.41) is 3.25. The molecule has 1 aromatic carbocycles. The molecule has 0 aliphatic heterocycles. The third-order valence-electron chi connectivity index (χ3n) is 3.14. The van der Waals surface area contributed by atoms with E-state index in [1.54, 1.807) is 12.1 Å². The first-order chi connectivity index (χ1) is 9.30. The fraction of sp³-hybridized carbons (Fsp3) is 0.600. The van der Waals surface area contributed by atoms with Crippen molar-refractivity contribution in [3.05, 3.63) is 29.8 Å². The zero-order chi connectivity index (χ0) is 15.2. The van der Waals surface area contributed by atoms with Crippen LogP contribution in [0.1, 0.15) is 32.3 Å². The summed E-state index contributed by atoms with van der Waals surface area (Å²) in [6, 6.07) is 6.42. The lowest BCUT2D eigenvalue weighted by Gasteiger charge is -2.17. The fourth-order valence-electron chi connectivity index (χ4n) is 1.99. The van der Waals surface area contributed by atoms with Crippen LogP contribution in [0.4, 0.5) is 13.2 Å². The second kappa shape index (κ2) is 7.53. The molecule has 0 saturated carbocycles. The summed E-state index contributed by atoms with van der Waals surface area (Å²) in [6.07, 6.45) is -1.66. The highest BCUT2D eigenvalue weighted by Gasteiger charge is 2.30. The molecule has 1 N–H and O–H groups in total. The third kappa shape index (κ3) is 6.80. The maximum Gasteiger partial charge on any atom is 0.573 e. The lowest BCUT2D eigenvalue weighted by Crippen LogP contribution is -2.27. The second-order valence-electron chi connectivity index (χ2n) is 5.35. The molecule has 5 heteroatoms. The van der Waals surface area contributed by atoms with Crippen LogP contribution >= 0.6 is 0 Å². The van der Waals surface area contributed by atoms with Crippen molar-refractivity contribution in [2.24, 2.45) is 5.92 Å². The Bertz CT molecular complexity index is 387. The number of likely N-dealkylation sites (N-methyl/N-ethyl adjacent to an activating group) is 1. The zero-order valence-corrected chi connectivity index (χ0v) is 12.1. The molecule has 1 aromatic rings. The van der Waals surface area contributed by atoms with Crippen LogP contribution in [0.3, 0.4) is 0 Å². The van der Waals surface area contributed by atoms with Gasteiger partial charge in [0.15, 0.2) is 0 Å². The Morgan fingerprint density at radius 2 is 1.70 bits per heavy atom. The lowest BCUT2D eigenvalue weighted by molar-refractivity contribution is -0.274. The summed E-state index contributed by atoms with van der Waals surface area (Å²) in [5.41, 5.74) is 1.00. The standard InChI is InChI=1S/C15H22F3NO/c1-11(2)4-7-13(19-3)10-12-5-8-14(9-6-12)20-15(16,17)18/h5-6,8-9,11,13,19H,4,7,10H2,1-3H3. The quantitative estimate of drug-likeness (QED) is 0.814. The van der Waals surface area contributed by atoms with Crippen LogP contribution < -0.4 is 10.1 Å². The molecule has 1 unspecified atom stereocenters. The Hall–Kier alpha value is -1.23. The van der Waals surface area contributed by atoms with Crippen LogP contribution in [-0.4, -0.2) is 19.5 Å². The smallest absolute Gasteiger partial charge is 0.406 e. The van der Waals surface area contributed by atoms with Gasteiger partial charge in [-0.15, -0.1) is 13.2 Å². The van der Waals surface area contributed by atoms with Gasteiger partial charge in [-0.3, -0.25) is 0 Å². The van der Waals surface area contributed by atoms with Gasteiger partial charge in [-0.2, -0.15) is 0 Å². The first kappa shape index (κ1) is 16.8. The van der Waals surface area contributed by atoms with Gasteiger partial charge in [0.25, 0.3) is 0 Å². The molecule has 1 atom stereocenters. The van der Waals surface area contributed by atoms with Gasteiger partial charge in [0.05, 0.1) is 0 Å². The van der Waals surface area contributed by atoms with Crippen molar-refractivity contribution in [1.82, 2.24) is 5.32 Å². The SMILES string of the molecule is CNC(CCC(C)C)Cc1ccc(OC(F)(F)F)cc1. The predicted molar refractivity (Wildman–Crippen MR) is 73.7 cm³/mol. The first-order valence-corrected chi connectivity index (χ1v) is 6.82. The lowest BCUT2D eigenvalue weighted by atomic mass is 9.98. The predicted octanol–water partition coefficient (Wildman–Crippen LogP) is 4.15. The summed E-state index contributed by atoms with van der Waals surface area (Å²) in [4.78, 5) is 0. The molecule has 0 aliphatic carbocycles. The van der Waals surface area contributed by atoms with E-state index in [1.165, 1.54) is 12.1 Å². The van der Waals surface area contributed by atoms with E-state index in [0.717, 1.165) is 24.8 Å². The van der Waals surface area contributed by atoms with Crippen molar-refractivity contribution in [2.75, 3.05) is 7.05 Å². The minimum atomic E-state index is -4.63. The number of ether oxygens (including phenoxy) is 1. The number of hydrogen-bond acceptors (Lipinski definition) is 2. The Morgan fingerprint density at radius 3 is 2.15 bits per heavy atom. The van der Waals surface area contributed by atoms with Crippen LogP contribution in [0.2, 0.25) is 0 Å². The fourth-order valence-corrected chi connectivity index (χ4v) is 1.99. The maximum absolute atomic E-state index is 12.1. The molecular formula is C15H22F3NO. The van der Waals surface area contributed by atoms with Gasteiger partial charge >= 0.3 is 6.36 Å². The van der Waals surface area contributed by atoms with E-state index in [4.69, 9.17) is 0 Å². The normalized spacial score (nSPS) is 13.6. The van der Waals surface area contributed by atoms with Crippen molar-refractivity contribution in [2.45, 2.75) is 45.5 Å². The second-order valence-corrected chi connectivity index (χ2v) is 5.35. The van der Waals surface area contributed by atoms with Crippen molar-refractivity contribution < 1.29 is 17.9 Å². The van der Waals surface area contributed by atoms with Crippen LogP contribution in [0, 0.1) is 5.92 Å². The number of rotatable bonds is 7. The molecule has 0 heterocycles. The van der Waals surface area contributed by atoms with Crippen LogP contribution in [0.15, 0.2) is 24.3 Å². The molecule has 1 rings (SSSR count). The molecule has 0 spiro atoms. The number of hydrogen-bond donors (Lipinski definition) is 1. The van der Waals surface area contributed by atoms with Crippen molar-refractivity contribution >= 4 is 0 Å². The molecule has 20 heavy (non-hydrogen) atoms. The molecule has 0 fully saturated rings. The highest BCUT2D eigenvalue weighted by atomic mass is 19.4. The average molecular weight is 289 g/mol. The number of nitrogens with one attached hydrogen (secondary N) is 1. The molecule has 0 bridgehead atoms. The van der Waals surface area contributed by atoms with Gasteiger partial charge in [0, 0.05) is 6.04 Å². The number of halogens is 3. The van der Waals surface area contributed by atoms with E-state index in [2.05, 4.69) is 23.9 Å². The molecule has 2 nitrogen and oxygen atoms in total. The average Bonchev–Trinajstić information content (AvgIpc) is 2.34. The van der Waals surface area contributed by atoms with Crippen molar-refractivity contribution in [1.29, 1.82) is 0 Å². The summed E-state index contributed by atoms with van der Waals surface area (Å²) < 4.78 is 40.0. The zero-order valence-electron chi connectivity index (χ0n) is 12.1. The summed E-state index contributed by atoms with van der Waals surface area (Å²) in [7, 11) is 1.91. The summed E-state index contributed by atoms with van der Waals surface area (Å²) in [5.74, 6) is 0.470. The third-order valence-corrected chi connectivity index (χ3v) is 3.14. The van der Waals surface area contributed by atoms with Gasteiger partial charge in [0.2, 0.25) is 0 Å². The van der Waals surface area contributed by atoms with Crippen LogP contribution in [-0.2, 0) is 6.42 Å². The van der Waals surface area contributed by atoms with E-state index >= 15 is 0 Å².